The standard InChI is InChI=1S/C19H27N5O/c1-12(25)18-22-15-11-21-17-14(5-8-20-17)16(15)24(18)23-9-6-13(7-10-23)19(2,3)4/h5,8,11-13,25H,6-7,9-10H2,1-4H3,(H,20,21)/t12-/m1/s1. The van der Waals surface area contributed by atoms with Gasteiger partial charge in [0.1, 0.15) is 22.8 Å². The number of rotatable bonds is 2. The maximum absolute atomic E-state index is 10.3. The number of nitrogens with one attached hydrogen (secondary N) is 1. The summed E-state index contributed by atoms with van der Waals surface area (Å²) in [7, 11) is 0. The molecular formula is C19H27N5O. The van der Waals surface area contributed by atoms with E-state index in [0.717, 1.165) is 53.9 Å². The average molecular weight is 341 g/mol. The number of aliphatic hydroxyl groups is 1. The Labute approximate surface area is 147 Å². The fraction of sp³-hybridized carbons (Fsp3) is 0.579. The molecule has 1 saturated heterocycles. The lowest BCUT2D eigenvalue weighted by Crippen LogP contribution is -2.45. The van der Waals surface area contributed by atoms with Crippen molar-refractivity contribution in [3.05, 3.63) is 24.3 Å². The number of fused-ring (bicyclic) bond motifs is 3. The van der Waals surface area contributed by atoms with E-state index in [-0.39, 0.29) is 0 Å². The molecule has 134 valence electrons. The fourth-order valence-electron chi connectivity index (χ4n) is 4.06. The number of aliphatic hydroxyl groups excluding tert-OH is 1. The molecule has 1 fully saturated rings. The third-order valence-corrected chi connectivity index (χ3v) is 5.56. The molecule has 0 saturated carbocycles. The monoisotopic (exact) mass is 341 g/mol. The van der Waals surface area contributed by atoms with Gasteiger partial charge in [-0.2, -0.15) is 0 Å². The second kappa shape index (κ2) is 5.73. The minimum atomic E-state index is -0.623. The van der Waals surface area contributed by atoms with Gasteiger partial charge in [0.15, 0.2) is 5.82 Å². The van der Waals surface area contributed by atoms with E-state index in [2.05, 4.69) is 45.4 Å². The van der Waals surface area contributed by atoms with Crippen LogP contribution >= 0.6 is 0 Å². The molecule has 0 amide bonds. The Morgan fingerprint density at radius 3 is 2.64 bits per heavy atom. The molecule has 0 aliphatic carbocycles. The summed E-state index contributed by atoms with van der Waals surface area (Å²) in [6, 6.07) is 2.04. The summed E-state index contributed by atoms with van der Waals surface area (Å²) in [6.07, 6.45) is 5.38. The summed E-state index contributed by atoms with van der Waals surface area (Å²) in [4.78, 5) is 12.3. The maximum Gasteiger partial charge on any atom is 0.157 e. The second-order valence-corrected chi connectivity index (χ2v) is 8.28. The van der Waals surface area contributed by atoms with E-state index in [0.29, 0.717) is 11.2 Å². The van der Waals surface area contributed by atoms with Crippen LogP contribution in [-0.2, 0) is 0 Å². The third kappa shape index (κ3) is 2.68. The summed E-state index contributed by atoms with van der Waals surface area (Å²) in [5.74, 6) is 1.42. The first-order valence-electron chi connectivity index (χ1n) is 9.14. The lowest BCUT2D eigenvalue weighted by atomic mass is 9.75. The van der Waals surface area contributed by atoms with Crippen molar-refractivity contribution in [3.63, 3.8) is 0 Å². The van der Waals surface area contributed by atoms with Crippen LogP contribution in [0, 0.1) is 11.3 Å². The SMILES string of the molecule is C[C@@H](O)c1nc2cnc3[nH]ccc3c2n1N1CCC(C(C)(C)C)CC1. The van der Waals surface area contributed by atoms with E-state index in [1.807, 2.05) is 12.3 Å². The highest BCUT2D eigenvalue weighted by atomic mass is 16.3. The molecule has 1 aliphatic rings. The number of nitrogens with zero attached hydrogens (tertiary/aromatic N) is 4. The van der Waals surface area contributed by atoms with Gasteiger partial charge in [0.25, 0.3) is 0 Å². The minimum Gasteiger partial charge on any atom is -0.385 e. The molecule has 0 bridgehead atoms. The van der Waals surface area contributed by atoms with Gasteiger partial charge in [0.2, 0.25) is 0 Å². The van der Waals surface area contributed by atoms with Gasteiger partial charge < -0.3 is 15.1 Å². The van der Waals surface area contributed by atoms with E-state index in [1.165, 1.54) is 0 Å². The predicted molar refractivity (Wildman–Crippen MR) is 100 cm³/mol. The normalized spacial score (nSPS) is 18.4. The van der Waals surface area contributed by atoms with Gasteiger partial charge in [0, 0.05) is 24.7 Å². The van der Waals surface area contributed by atoms with Crippen molar-refractivity contribution in [1.29, 1.82) is 0 Å². The Balaban J connectivity index is 1.80. The topological polar surface area (TPSA) is 70.0 Å². The van der Waals surface area contributed by atoms with E-state index in [4.69, 9.17) is 0 Å². The zero-order valence-corrected chi connectivity index (χ0v) is 15.5. The summed E-state index contributed by atoms with van der Waals surface area (Å²) in [5, 5.41) is 13.7. The minimum absolute atomic E-state index is 0.341. The smallest absolute Gasteiger partial charge is 0.157 e. The van der Waals surface area contributed by atoms with Gasteiger partial charge in [-0.1, -0.05) is 20.8 Å². The molecule has 25 heavy (non-hydrogen) atoms. The van der Waals surface area contributed by atoms with E-state index in [1.54, 1.807) is 13.1 Å². The number of piperidine rings is 1. The van der Waals surface area contributed by atoms with Crippen LogP contribution < -0.4 is 5.01 Å². The Hall–Kier alpha value is -2.08. The van der Waals surface area contributed by atoms with Gasteiger partial charge in [-0.25, -0.2) is 14.6 Å². The van der Waals surface area contributed by atoms with Crippen molar-refractivity contribution >= 4 is 22.1 Å². The highest BCUT2D eigenvalue weighted by Gasteiger charge is 2.31. The Kier molecular flexibility index (Phi) is 3.76. The van der Waals surface area contributed by atoms with Crippen LogP contribution in [-0.4, -0.2) is 37.8 Å². The molecule has 6 nitrogen and oxygen atoms in total. The largest absolute Gasteiger partial charge is 0.385 e. The van der Waals surface area contributed by atoms with Crippen LogP contribution in [0.5, 0.6) is 0 Å². The number of imidazole rings is 1. The van der Waals surface area contributed by atoms with E-state index in [9.17, 15) is 5.11 Å². The molecule has 4 heterocycles. The molecule has 4 rings (SSSR count). The van der Waals surface area contributed by atoms with Crippen molar-refractivity contribution < 1.29 is 5.11 Å². The molecule has 3 aromatic heterocycles. The lowest BCUT2D eigenvalue weighted by molar-refractivity contribution is 0.171. The van der Waals surface area contributed by atoms with Crippen LogP contribution in [0.1, 0.15) is 52.5 Å². The number of hydrogen-bond acceptors (Lipinski definition) is 4. The van der Waals surface area contributed by atoms with Gasteiger partial charge in [0.05, 0.1) is 6.20 Å². The molecule has 6 heteroatoms. The van der Waals surface area contributed by atoms with Crippen molar-refractivity contribution in [2.24, 2.45) is 11.3 Å². The zero-order chi connectivity index (χ0) is 17.8. The number of H-pyrrole nitrogens is 1. The van der Waals surface area contributed by atoms with Gasteiger partial charge in [-0.05, 0) is 37.2 Å². The lowest BCUT2D eigenvalue weighted by Gasteiger charge is -2.40. The fourth-order valence-corrected chi connectivity index (χ4v) is 4.06. The van der Waals surface area contributed by atoms with Gasteiger partial charge in [-0.3, -0.25) is 0 Å². The number of pyridine rings is 1. The zero-order valence-electron chi connectivity index (χ0n) is 15.5. The van der Waals surface area contributed by atoms with Crippen molar-refractivity contribution in [3.8, 4) is 0 Å². The Morgan fingerprint density at radius 2 is 2.00 bits per heavy atom. The van der Waals surface area contributed by atoms with Crippen molar-refractivity contribution in [2.45, 2.75) is 46.6 Å². The van der Waals surface area contributed by atoms with Gasteiger partial charge in [-0.15, -0.1) is 0 Å². The Bertz CT molecular complexity index is 894. The summed E-state index contributed by atoms with van der Waals surface area (Å²) < 4.78 is 2.14. The summed E-state index contributed by atoms with van der Waals surface area (Å²) in [5.41, 5.74) is 3.07. The number of hydrogen-bond donors (Lipinski definition) is 2. The second-order valence-electron chi connectivity index (χ2n) is 8.28. The first-order valence-corrected chi connectivity index (χ1v) is 9.14. The first-order chi connectivity index (χ1) is 11.9. The Morgan fingerprint density at radius 1 is 1.28 bits per heavy atom. The molecule has 0 radical (unpaired) electrons. The molecule has 0 unspecified atom stereocenters. The van der Waals surface area contributed by atoms with Crippen LogP contribution in [0.25, 0.3) is 22.1 Å². The predicted octanol–water partition coefficient (Wildman–Crippen LogP) is 3.36. The first kappa shape index (κ1) is 16.4. The highest BCUT2D eigenvalue weighted by Crippen LogP contribution is 2.35. The molecular weight excluding hydrogens is 314 g/mol. The molecule has 0 aromatic carbocycles. The summed E-state index contributed by atoms with van der Waals surface area (Å²) in [6.45, 7) is 10.7. The molecule has 3 aromatic rings. The van der Waals surface area contributed by atoms with Crippen LogP contribution in [0.15, 0.2) is 18.5 Å². The molecule has 2 N–H and O–H groups in total. The van der Waals surface area contributed by atoms with Crippen molar-refractivity contribution in [1.82, 2.24) is 19.6 Å². The average Bonchev–Trinajstić information content (AvgIpc) is 3.17. The quantitative estimate of drug-likeness (QED) is 0.750. The molecule has 0 spiro atoms. The van der Waals surface area contributed by atoms with E-state index < -0.39 is 6.10 Å². The number of aromatic nitrogens is 4. The van der Waals surface area contributed by atoms with Crippen molar-refractivity contribution in [2.75, 3.05) is 18.1 Å². The number of aromatic amines is 1. The third-order valence-electron chi connectivity index (χ3n) is 5.56. The maximum atomic E-state index is 10.3. The van der Waals surface area contributed by atoms with Gasteiger partial charge >= 0.3 is 0 Å². The summed E-state index contributed by atoms with van der Waals surface area (Å²) >= 11 is 0. The van der Waals surface area contributed by atoms with Crippen LogP contribution in [0.4, 0.5) is 0 Å². The van der Waals surface area contributed by atoms with Crippen LogP contribution in [0.3, 0.4) is 0 Å². The molecule has 1 aliphatic heterocycles. The molecule has 1 atom stereocenters. The van der Waals surface area contributed by atoms with E-state index >= 15 is 0 Å². The highest BCUT2D eigenvalue weighted by molar-refractivity contribution is 6.01. The van der Waals surface area contributed by atoms with Crippen LogP contribution in [0.2, 0.25) is 0 Å².